The Morgan fingerprint density at radius 1 is 1.11 bits per heavy atom. The molecule has 3 heteroatoms. The summed E-state index contributed by atoms with van der Waals surface area (Å²) in [5, 5.41) is 3.38. The van der Waals surface area contributed by atoms with Crippen molar-refractivity contribution in [3.63, 3.8) is 0 Å². The SMILES string of the molecule is CCNC(c1cncc(F)c1)c1ccc(C)c(C)c1. The molecule has 1 unspecified atom stereocenters. The zero-order valence-corrected chi connectivity index (χ0v) is 11.6. The number of rotatable bonds is 4. The number of hydrogen-bond donors (Lipinski definition) is 1. The van der Waals surface area contributed by atoms with Gasteiger partial charge < -0.3 is 5.32 Å². The fraction of sp³-hybridized carbons (Fsp3) is 0.312. The maximum absolute atomic E-state index is 13.3. The lowest BCUT2D eigenvalue weighted by Gasteiger charge is -2.19. The maximum atomic E-state index is 13.3. The van der Waals surface area contributed by atoms with Gasteiger partial charge in [0.2, 0.25) is 0 Å². The predicted molar refractivity (Wildman–Crippen MR) is 75.6 cm³/mol. The monoisotopic (exact) mass is 258 g/mol. The van der Waals surface area contributed by atoms with E-state index in [9.17, 15) is 4.39 Å². The molecule has 100 valence electrons. The minimum atomic E-state index is -0.302. The van der Waals surface area contributed by atoms with Crippen LogP contribution in [0, 0.1) is 19.7 Å². The van der Waals surface area contributed by atoms with Crippen molar-refractivity contribution in [2.24, 2.45) is 0 Å². The van der Waals surface area contributed by atoms with Gasteiger partial charge in [-0.2, -0.15) is 0 Å². The van der Waals surface area contributed by atoms with Crippen molar-refractivity contribution >= 4 is 0 Å². The molecular formula is C16H19FN2. The van der Waals surface area contributed by atoms with E-state index in [-0.39, 0.29) is 11.9 Å². The van der Waals surface area contributed by atoms with Gasteiger partial charge in [0.05, 0.1) is 12.2 Å². The van der Waals surface area contributed by atoms with Gasteiger partial charge in [0.1, 0.15) is 5.82 Å². The molecule has 2 aromatic rings. The topological polar surface area (TPSA) is 24.9 Å². The van der Waals surface area contributed by atoms with Gasteiger partial charge in [0, 0.05) is 6.20 Å². The molecule has 1 heterocycles. The van der Waals surface area contributed by atoms with Gasteiger partial charge in [-0.3, -0.25) is 4.98 Å². The van der Waals surface area contributed by atoms with Crippen molar-refractivity contribution in [3.05, 3.63) is 64.7 Å². The van der Waals surface area contributed by atoms with Gasteiger partial charge in [-0.15, -0.1) is 0 Å². The number of aromatic nitrogens is 1. The highest BCUT2D eigenvalue weighted by molar-refractivity contribution is 5.36. The standard InChI is InChI=1S/C16H19FN2/c1-4-19-16(14-8-15(17)10-18-9-14)13-6-5-11(2)12(3)7-13/h5-10,16,19H,4H2,1-3H3. The number of hydrogen-bond acceptors (Lipinski definition) is 2. The first-order chi connectivity index (χ1) is 9.11. The summed E-state index contributed by atoms with van der Waals surface area (Å²) in [6.07, 6.45) is 2.94. The molecule has 1 N–H and O–H groups in total. The van der Waals surface area contributed by atoms with E-state index in [1.54, 1.807) is 6.20 Å². The Hall–Kier alpha value is -1.74. The number of halogens is 1. The number of pyridine rings is 1. The highest BCUT2D eigenvalue weighted by Gasteiger charge is 2.14. The molecule has 1 aromatic heterocycles. The van der Waals surface area contributed by atoms with Crippen LogP contribution >= 0.6 is 0 Å². The molecule has 1 atom stereocenters. The van der Waals surface area contributed by atoms with Gasteiger partial charge in [0.15, 0.2) is 0 Å². The Bertz CT molecular complexity index is 566. The van der Waals surface area contributed by atoms with Crippen molar-refractivity contribution in [2.45, 2.75) is 26.8 Å². The second-order valence-electron chi connectivity index (χ2n) is 4.77. The lowest BCUT2D eigenvalue weighted by Crippen LogP contribution is -2.22. The van der Waals surface area contributed by atoms with E-state index in [0.29, 0.717) is 0 Å². The Balaban J connectivity index is 2.42. The first-order valence-electron chi connectivity index (χ1n) is 6.52. The molecule has 2 rings (SSSR count). The van der Waals surface area contributed by atoms with Crippen LogP contribution in [0.2, 0.25) is 0 Å². The van der Waals surface area contributed by atoms with Gasteiger partial charge in [-0.05, 0) is 48.7 Å². The first kappa shape index (κ1) is 13.7. The van der Waals surface area contributed by atoms with Crippen LogP contribution < -0.4 is 5.32 Å². The summed E-state index contributed by atoms with van der Waals surface area (Å²) >= 11 is 0. The highest BCUT2D eigenvalue weighted by atomic mass is 19.1. The molecule has 2 nitrogen and oxygen atoms in total. The van der Waals surface area contributed by atoms with Gasteiger partial charge in [-0.25, -0.2) is 4.39 Å². The summed E-state index contributed by atoms with van der Waals surface area (Å²) in [5.41, 5.74) is 4.49. The summed E-state index contributed by atoms with van der Waals surface area (Å²) in [5.74, 6) is -0.302. The van der Waals surface area contributed by atoms with Crippen LogP contribution in [0.15, 0.2) is 36.7 Å². The summed E-state index contributed by atoms with van der Waals surface area (Å²) in [6.45, 7) is 7.03. The summed E-state index contributed by atoms with van der Waals surface area (Å²) in [7, 11) is 0. The second-order valence-corrected chi connectivity index (χ2v) is 4.77. The van der Waals surface area contributed by atoms with E-state index in [2.05, 4.69) is 42.3 Å². The zero-order valence-electron chi connectivity index (χ0n) is 11.6. The summed E-state index contributed by atoms with van der Waals surface area (Å²) in [6, 6.07) is 7.85. The van der Waals surface area contributed by atoms with Crippen LogP contribution in [0.4, 0.5) is 4.39 Å². The van der Waals surface area contributed by atoms with Crippen molar-refractivity contribution in [2.75, 3.05) is 6.54 Å². The molecule has 0 saturated heterocycles. The maximum Gasteiger partial charge on any atom is 0.141 e. The Morgan fingerprint density at radius 3 is 2.53 bits per heavy atom. The third-order valence-corrected chi connectivity index (χ3v) is 3.33. The van der Waals surface area contributed by atoms with Crippen molar-refractivity contribution in [1.82, 2.24) is 10.3 Å². The molecule has 0 aliphatic rings. The van der Waals surface area contributed by atoms with E-state index < -0.39 is 0 Å². The van der Waals surface area contributed by atoms with Crippen molar-refractivity contribution < 1.29 is 4.39 Å². The van der Waals surface area contributed by atoms with E-state index in [1.807, 2.05) is 6.92 Å². The van der Waals surface area contributed by atoms with E-state index in [4.69, 9.17) is 0 Å². The normalized spacial score (nSPS) is 12.4. The van der Waals surface area contributed by atoms with Gasteiger partial charge in [0.25, 0.3) is 0 Å². The second kappa shape index (κ2) is 5.93. The number of nitrogens with one attached hydrogen (secondary N) is 1. The third kappa shape index (κ3) is 3.18. The Labute approximate surface area is 113 Å². The van der Waals surface area contributed by atoms with Crippen molar-refractivity contribution in [1.29, 1.82) is 0 Å². The average Bonchev–Trinajstić information content (AvgIpc) is 2.39. The van der Waals surface area contributed by atoms with Gasteiger partial charge >= 0.3 is 0 Å². The van der Waals surface area contributed by atoms with Crippen LogP contribution in [0.1, 0.15) is 35.2 Å². The first-order valence-corrected chi connectivity index (χ1v) is 6.52. The molecule has 0 spiro atoms. The number of aryl methyl sites for hydroxylation is 2. The highest BCUT2D eigenvalue weighted by Crippen LogP contribution is 2.23. The number of nitrogens with zero attached hydrogens (tertiary/aromatic N) is 1. The lowest BCUT2D eigenvalue weighted by molar-refractivity contribution is 0.596. The molecule has 1 aromatic carbocycles. The summed E-state index contributed by atoms with van der Waals surface area (Å²) in [4.78, 5) is 3.94. The van der Waals surface area contributed by atoms with E-state index >= 15 is 0 Å². The molecule has 19 heavy (non-hydrogen) atoms. The lowest BCUT2D eigenvalue weighted by atomic mass is 9.96. The average molecular weight is 258 g/mol. The molecule has 0 fully saturated rings. The van der Waals surface area contributed by atoms with Crippen LogP contribution in [0.3, 0.4) is 0 Å². The fourth-order valence-electron chi connectivity index (χ4n) is 2.16. The molecular weight excluding hydrogens is 239 g/mol. The van der Waals surface area contributed by atoms with E-state index in [1.165, 1.54) is 23.4 Å². The molecule has 0 amide bonds. The molecule has 0 saturated carbocycles. The molecule has 0 aliphatic carbocycles. The van der Waals surface area contributed by atoms with Crippen LogP contribution in [0.5, 0.6) is 0 Å². The molecule has 0 bridgehead atoms. The van der Waals surface area contributed by atoms with Crippen LogP contribution in [0.25, 0.3) is 0 Å². The fourth-order valence-corrected chi connectivity index (χ4v) is 2.16. The minimum absolute atomic E-state index is 0.0208. The number of benzene rings is 1. The van der Waals surface area contributed by atoms with E-state index in [0.717, 1.165) is 17.7 Å². The Kier molecular flexibility index (Phi) is 4.27. The third-order valence-electron chi connectivity index (χ3n) is 3.33. The Morgan fingerprint density at radius 2 is 1.89 bits per heavy atom. The molecule has 0 radical (unpaired) electrons. The summed E-state index contributed by atoms with van der Waals surface area (Å²) < 4.78 is 13.3. The predicted octanol–water partition coefficient (Wildman–Crippen LogP) is 3.54. The minimum Gasteiger partial charge on any atom is -0.306 e. The van der Waals surface area contributed by atoms with Crippen LogP contribution in [-0.2, 0) is 0 Å². The largest absolute Gasteiger partial charge is 0.306 e. The van der Waals surface area contributed by atoms with Crippen molar-refractivity contribution in [3.8, 4) is 0 Å². The van der Waals surface area contributed by atoms with Gasteiger partial charge in [-0.1, -0.05) is 25.1 Å². The smallest absolute Gasteiger partial charge is 0.141 e. The molecule has 0 aliphatic heterocycles. The quantitative estimate of drug-likeness (QED) is 0.907. The van der Waals surface area contributed by atoms with Crippen LogP contribution in [-0.4, -0.2) is 11.5 Å². The zero-order chi connectivity index (χ0) is 13.8.